The lowest BCUT2D eigenvalue weighted by Gasteiger charge is -2.33. The average molecular weight is 244 g/mol. The molecule has 2 rings (SSSR count). The molecular weight excluding hydrogens is 224 g/mol. The minimum Gasteiger partial charge on any atom is -0.355 e. The second-order valence-electron chi connectivity index (χ2n) is 4.98. The lowest BCUT2D eigenvalue weighted by Crippen LogP contribution is -2.42. The Morgan fingerprint density at radius 1 is 1.39 bits per heavy atom. The quantitative estimate of drug-likeness (QED) is 0.861. The minimum atomic E-state index is 0.479. The summed E-state index contributed by atoms with van der Waals surface area (Å²) in [5.74, 6) is 0.835. The van der Waals surface area contributed by atoms with E-state index in [-0.39, 0.29) is 0 Å². The molecule has 1 aromatic heterocycles. The molecule has 0 spiro atoms. The van der Waals surface area contributed by atoms with Crippen LogP contribution in [0, 0.1) is 25.2 Å². The lowest BCUT2D eigenvalue weighted by molar-refractivity contribution is 0.441. The van der Waals surface area contributed by atoms with Gasteiger partial charge in [-0.3, -0.25) is 0 Å². The summed E-state index contributed by atoms with van der Waals surface area (Å²) in [4.78, 5) is 6.74. The van der Waals surface area contributed by atoms with Gasteiger partial charge in [0.05, 0.1) is 5.56 Å². The van der Waals surface area contributed by atoms with Gasteiger partial charge in [0.15, 0.2) is 0 Å². The summed E-state index contributed by atoms with van der Waals surface area (Å²) in [6.07, 6.45) is 2.21. The van der Waals surface area contributed by atoms with Crippen molar-refractivity contribution in [1.29, 1.82) is 5.26 Å². The fourth-order valence-corrected chi connectivity index (χ4v) is 2.58. The fraction of sp³-hybridized carbons (Fsp3) is 0.571. The molecule has 1 aromatic rings. The molecule has 0 radical (unpaired) electrons. The van der Waals surface area contributed by atoms with Crippen LogP contribution in [-0.4, -0.2) is 31.2 Å². The Morgan fingerprint density at radius 2 is 2.06 bits per heavy atom. The summed E-state index contributed by atoms with van der Waals surface area (Å²) in [5, 5.41) is 12.7. The SMILES string of the molecule is Cc1cc(C)c(C#N)c(N(C)C2CCNCC2)n1. The first kappa shape index (κ1) is 12.8. The zero-order valence-electron chi connectivity index (χ0n) is 11.3. The standard InChI is InChI=1S/C14H20N4/c1-10-8-11(2)17-14(13(10)9-15)18(3)12-4-6-16-7-5-12/h8,12,16H,4-7H2,1-3H3. The van der Waals surface area contributed by atoms with Gasteiger partial charge in [0.25, 0.3) is 0 Å². The van der Waals surface area contributed by atoms with Crippen molar-refractivity contribution in [1.82, 2.24) is 10.3 Å². The number of nitrogens with zero attached hydrogens (tertiary/aromatic N) is 3. The molecule has 0 aliphatic carbocycles. The zero-order chi connectivity index (χ0) is 13.1. The molecule has 0 saturated carbocycles. The van der Waals surface area contributed by atoms with Gasteiger partial charge in [0.2, 0.25) is 0 Å². The second-order valence-corrected chi connectivity index (χ2v) is 4.98. The molecule has 0 bridgehead atoms. The molecule has 2 heterocycles. The molecule has 0 aromatic carbocycles. The van der Waals surface area contributed by atoms with Crippen molar-refractivity contribution < 1.29 is 0 Å². The number of aromatic nitrogens is 1. The smallest absolute Gasteiger partial charge is 0.147 e. The third kappa shape index (κ3) is 2.46. The van der Waals surface area contributed by atoms with E-state index in [9.17, 15) is 5.26 Å². The topological polar surface area (TPSA) is 52.0 Å². The maximum absolute atomic E-state index is 9.31. The summed E-state index contributed by atoms with van der Waals surface area (Å²) in [7, 11) is 2.05. The summed E-state index contributed by atoms with van der Waals surface area (Å²) in [6.45, 7) is 6.05. The molecule has 1 aliphatic rings. The molecule has 4 nitrogen and oxygen atoms in total. The largest absolute Gasteiger partial charge is 0.355 e. The Bertz CT molecular complexity index is 469. The first-order valence-corrected chi connectivity index (χ1v) is 6.45. The molecule has 0 unspecified atom stereocenters. The van der Waals surface area contributed by atoms with Crippen LogP contribution < -0.4 is 10.2 Å². The van der Waals surface area contributed by atoms with Crippen LogP contribution in [0.4, 0.5) is 5.82 Å². The van der Waals surface area contributed by atoms with Crippen molar-refractivity contribution in [2.24, 2.45) is 0 Å². The van der Waals surface area contributed by atoms with Gasteiger partial charge in [-0.2, -0.15) is 5.26 Å². The molecule has 96 valence electrons. The zero-order valence-corrected chi connectivity index (χ0v) is 11.3. The van der Waals surface area contributed by atoms with Crippen LogP contribution in [0.2, 0.25) is 0 Å². The summed E-state index contributed by atoms with van der Waals surface area (Å²) in [5.41, 5.74) is 2.70. The van der Waals surface area contributed by atoms with Gasteiger partial charge < -0.3 is 10.2 Å². The Hall–Kier alpha value is -1.60. The Balaban J connectivity index is 2.34. The minimum absolute atomic E-state index is 0.479. The number of anilines is 1. The van der Waals surface area contributed by atoms with Crippen LogP contribution in [0.5, 0.6) is 0 Å². The fourth-order valence-electron chi connectivity index (χ4n) is 2.58. The highest BCUT2D eigenvalue weighted by Gasteiger charge is 2.22. The monoisotopic (exact) mass is 244 g/mol. The number of pyridine rings is 1. The van der Waals surface area contributed by atoms with E-state index in [2.05, 4.69) is 28.3 Å². The van der Waals surface area contributed by atoms with Crippen LogP contribution in [-0.2, 0) is 0 Å². The van der Waals surface area contributed by atoms with E-state index in [0.717, 1.165) is 43.0 Å². The van der Waals surface area contributed by atoms with Crippen molar-refractivity contribution in [3.8, 4) is 6.07 Å². The number of nitrogens with one attached hydrogen (secondary N) is 1. The van der Waals surface area contributed by atoms with Gasteiger partial charge in [0.1, 0.15) is 11.9 Å². The first-order chi connectivity index (χ1) is 8.63. The van der Waals surface area contributed by atoms with E-state index in [1.54, 1.807) is 0 Å². The summed E-state index contributed by atoms with van der Waals surface area (Å²) >= 11 is 0. The first-order valence-electron chi connectivity index (χ1n) is 6.45. The van der Waals surface area contributed by atoms with Gasteiger partial charge >= 0.3 is 0 Å². The average Bonchev–Trinajstić information content (AvgIpc) is 2.38. The van der Waals surface area contributed by atoms with Crippen molar-refractivity contribution in [2.45, 2.75) is 32.7 Å². The van der Waals surface area contributed by atoms with E-state index in [1.807, 2.05) is 19.9 Å². The predicted molar refractivity (Wildman–Crippen MR) is 72.7 cm³/mol. The van der Waals surface area contributed by atoms with Crippen LogP contribution in [0.3, 0.4) is 0 Å². The van der Waals surface area contributed by atoms with Gasteiger partial charge in [-0.05, 0) is 51.4 Å². The second kappa shape index (κ2) is 5.36. The highest BCUT2D eigenvalue weighted by atomic mass is 15.2. The molecule has 1 saturated heterocycles. The van der Waals surface area contributed by atoms with Crippen molar-refractivity contribution in [2.75, 3.05) is 25.0 Å². The Kier molecular flexibility index (Phi) is 3.83. The van der Waals surface area contributed by atoms with Gasteiger partial charge in [-0.15, -0.1) is 0 Å². The summed E-state index contributed by atoms with van der Waals surface area (Å²) < 4.78 is 0. The van der Waals surface area contributed by atoms with Crippen LogP contribution in [0.25, 0.3) is 0 Å². The molecule has 0 atom stereocenters. The van der Waals surface area contributed by atoms with Crippen LogP contribution in [0.1, 0.15) is 29.7 Å². The number of nitriles is 1. The van der Waals surface area contributed by atoms with Crippen LogP contribution >= 0.6 is 0 Å². The van der Waals surface area contributed by atoms with Crippen molar-refractivity contribution in [3.05, 3.63) is 22.9 Å². The molecule has 0 amide bonds. The number of aryl methyl sites for hydroxylation is 2. The van der Waals surface area contributed by atoms with Gasteiger partial charge in [-0.25, -0.2) is 4.98 Å². The van der Waals surface area contributed by atoms with Crippen LogP contribution in [0.15, 0.2) is 6.07 Å². The molecule has 4 heteroatoms. The maximum Gasteiger partial charge on any atom is 0.147 e. The highest BCUT2D eigenvalue weighted by Crippen LogP contribution is 2.24. The normalized spacial score (nSPS) is 16.3. The third-order valence-electron chi connectivity index (χ3n) is 3.63. The highest BCUT2D eigenvalue weighted by molar-refractivity contribution is 5.58. The lowest BCUT2D eigenvalue weighted by atomic mass is 10.0. The van der Waals surface area contributed by atoms with Crippen molar-refractivity contribution >= 4 is 5.82 Å². The van der Waals surface area contributed by atoms with E-state index in [1.165, 1.54) is 0 Å². The molecule has 1 fully saturated rings. The van der Waals surface area contributed by atoms with E-state index in [4.69, 9.17) is 0 Å². The maximum atomic E-state index is 9.31. The molecular formula is C14H20N4. The Morgan fingerprint density at radius 3 is 2.67 bits per heavy atom. The molecule has 1 aliphatic heterocycles. The van der Waals surface area contributed by atoms with E-state index < -0.39 is 0 Å². The molecule has 18 heavy (non-hydrogen) atoms. The third-order valence-corrected chi connectivity index (χ3v) is 3.63. The van der Waals surface area contributed by atoms with Gasteiger partial charge in [-0.1, -0.05) is 0 Å². The van der Waals surface area contributed by atoms with Gasteiger partial charge in [0, 0.05) is 18.8 Å². The van der Waals surface area contributed by atoms with E-state index in [0.29, 0.717) is 11.6 Å². The Labute approximate surface area is 109 Å². The number of hydrogen-bond donors (Lipinski definition) is 1. The number of piperidine rings is 1. The number of hydrogen-bond acceptors (Lipinski definition) is 4. The summed E-state index contributed by atoms with van der Waals surface area (Å²) in [6, 6.07) is 4.74. The van der Waals surface area contributed by atoms with Crippen molar-refractivity contribution in [3.63, 3.8) is 0 Å². The molecule has 1 N–H and O–H groups in total. The van der Waals surface area contributed by atoms with E-state index >= 15 is 0 Å². The predicted octanol–water partition coefficient (Wildman–Crippen LogP) is 1.76. The number of rotatable bonds is 2.